The number of piperidine rings is 1. The molecular formula is C20H27NO2. The average molecular weight is 313 g/mol. The molecule has 124 valence electrons. The number of hydrogen-bond acceptors (Lipinski definition) is 2. The van der Waals surface area contributed by atoms with Crippen LogP contribution in [0.15, 0.2) is 42.0 Å². The van der Waals surface area contributed by atoms with Crippen molar-refractivity contribution in [2.75, 3.05) is 6.54 Å². The molecular weight excluding hydrogens is 286 g/mol. The number of ether oxygens (including phenoxy) is 1. The molecule has 0 radical (unpaired) electrons. The van der Waals surface area contributed by atoms with Crippen LogP contribution in [0.3, 0.4) is 0 Å². The molecule has 1 atom stereocenters. The van der Waals surface area contributed by atoms with Crippen LogP contribution in [0.25, 0.3) is 0 Å². The monoisotopic (exact) mass is 313 g/mol. The summed E-state index contributed by atoms with van der Waals surface area (Å²) < 4.78 is 5.63. The van der Waals surface area contributed by atoms with Gasteiger partial charge in [-0.15, -0.1) is 0 Å². The number of carbonyl (C=O) groups is 1. The molecule has 0 spiro atoms. The fourth-order valence-corrected chi connectivity index (χ4v) is 3.14. The first-order chi connectivity index (χ1) is 10.9. The third kappa shape index (κ3) is 4.37. The largest absolute Gasteiger partial charge is 0.444 e. The minimum atomic E-state index is -0.456. The number of hydrogen-bond donors (Lipinski definition) is 0. The van der Waals surface area contributed by atoms with Crippen LogP contribution in [-0.2, 0) is 4.74 Å². The summed E-state index contributed by atoms with van der Waals surface area (Å²) in [6.45, 7) is 6.51. The van der Waals surface area contributed by atoms with E-state index in [4.69, 9.17) is 4.74 Å². The molecule has 1 aliphatic heterocycles. The van der Waals surface area contributed by atoms with E-state index in [9.17, 15) is 4.79 Å². The summed E-state index contributed by atoms with van der Waals surface area (Å²) in [5, 5.41) is 0. The van der Waals surface area contributed by atoms with Crippen LogP contribution in [0, 0.1) is 5.92 Å². The first-order valence-corrected chi connectivity index (χ1v) is 8.66. The lowest BCUT2D eigenvalue weighted by molar-refractivity contribution is 0.0129. The molecule has 1 saturated carbocycles. The van der Waals surface area contributed by atoms with E-state index >= 15 is 0 Å². The summed E-state index contributed by atoms with van der Waals surface area (Å²) >= 11 is 0. The fraction of sp³-hybridized carbons (Fsp3) is 0.550. The Hall–Kier alpha value is -1.77. The zero-order valence-electron chi connectivity index (χ0n) is 14.4. The Kier molecular flexibility index (Phi) is 4.47. The van der Waals surface area contributed by atoms with Crippen LogP contribution < -0.4 is 0 Å². The lowest BCUT2D eigenvalue weighted by Gasteiger charge is -2.38. The van der Waals surface area contributed by atoms with Crippen molar-refractivity contribution in [1.82, 2.24) is 4.90 Å². The van der Waals surface area contributed by atoms with Crippen LogP contribution in [-0.4, -0.2) is 23.1 Å². The van der Waals surface area contributed by atoms with Gasteiger partial charge in [-0.25, -0.2) is 4.79 Å². The Labute approximate surface area is 139 Å². The van der Waals surface area contributed by atoms with Crippen LogP contribution in [0.2, 0.25) is 0 Å². The standard InChI is InChI=1S/C20H27NO2/c1-20(2,3)23-19(22)21-12-11-16(13-15-9-10-15)14-18(21)17-7-5-4-6-8-17/h4-8,13,15,18H,9-12,14H2,1-3H3. The van der Waals surface area contributed by atoms with Gasteiger partial charge in [0.2, 0.25) is 0 Å². The SMILES string of the molecule is CC(C)(C)OC(=O)N1CCC(=CC2CC2)CC1c1ccccc1. The first kappa shape index (κ1) is 16.1. The predicted molar refractivity (Wildman–Crippen MR) is 92.2 cm³/mol. The highest BCUT2D eigenvalue weighted by atomic mass is 16.6. The lowest BCUT2D eigenvalue weighted by atomic mass is 9.91. The zero-order chi connectivity index (χ0) is 16.4. The van der Waals surface area contributed by atoms with Gasteiger partial charge in [-0.2, -0.15) is 0 Å². The van der Waals surface area contributed by atoms with E-state index in [0.717, 1.165) is 25.3 Å². The van der Waals surface area contributed by atoms with Crippen LogP contribution in [0.5, 0.6) is 0 Å². The molecule has 0 aromatic heterocycles. The van der Waals surface area contributed by atoms with Gasteiger partial charge in [-0.05, 0) is 57.9 Å². The number of nitrogens with zero attached hydrogens (tertiary/aromatic N) is 1. The third-order valence-electron chi connectivity index (χ3n) is 4.41. The van der Waals surface area contributed by atoms with Crippen LogP contribution in [0.1, 0.15) is 58.1 Å². The molecule has 1 aliphatic carbocycles. The number of amides is 1. The third-order valence-corrected chi connectivity index (χ3v) is 4.41. The van der Waals surface area contributed by atoms with Crippen molar-refractivity contribution in [3.8, 4) is 0 Å². The van der Waals surface area contributed by atoms with Crippen molar-refractivity contribution in [3.05, 3.63) is 47.5 Å². The quantitative estimate of drug-likeness (QED) is 0.711. The topological polar surface area (TPSA) is 29.5 Å². The summed E-state index contributed by atoms with van der Waals surface area (Å²) in [5.41, 5.74) is 2.24. The van der Waals surface area contributed by atoms with Crippen molar-refractivity contribution in [3.63, 3.8) is 0 Å². The summed E-state index contributed by atoms with van der Waals surface area (Å²) in [7, 11) is 0. The van der Waals surface area contributed by atoms with E-state index in [1.807, 2.05) is 43.9 Å². The normalized spacial score (nSPS) is 23.9. The van der Waals surface area contributed by atoms with Crippen molar-refractivity contribution in [1.29, 1.82) is 0 Å². The van der Waals surface area contributed by atoms with Crippen molar-refractivity contribution in [2.24, 2.45) is 5.92 Å². The molecule has 0 bridgehead atoms. The van der Waals surface area contributed by atoms with E-state index in [1.165, 1.54) is 24.0 Å². The Balaban J connectivity index is 1.81. The highest BCUT2D eigenvalue weighted by Crippen LogP contribution is 2.38. The highest BCUT2D eigenvalue weighted by Gasteiger charge is 2.33. The number of benzene rings is 1. The van der Waals surface area contributed by atoms with E-state index in [0.29, 0.717) is 0 Å². The molecule has 1 aromatic rings. The number of likely N-dealkylation sites (tertiary alicyclic amines) is 1. The number of rotatable bonds is 2. The molecule has 0 N–H and O–H groups in total. The molecule has 1 aromatic carbocycles. The fourth-order valence-electron chi connectivity index (χ4n) is 3.14. The second kappa shape index (κ2) is 6.38. The molecule has 3 heteroatoms. The summed E-state index contributed by atoms with van der Waals surface area (Å²) in [6, 6.07) is 10.4. The molecule has 1 amide bonds. The molecule has 2 aliphatic rings. The molecule has 1 saturated heterocycles. The first-order valence-electron chi connectivity index (χ1n) is 8.66. The maximum atomic E-state index is 12.6. The Morgan fingerprint density at radius 2 is 1.91 bits per heavy atom. The second-order valence-electron chi connectivity index (χ2n) is 7.72. The van der Waals surface area contributed by atoms with E-state index in [1.54, 1.807) is 0 Å². The van der Waals surface area contributed by atoms with E-state index < -0.39 is 5.60 Å². The van der Waals surface area contributed by atoms with Gasteiger partial charge in [0, 0.05) is 6.54 Å². The van der Waals surface area contributed by atoms with Gasteiger partial charge >= 0.3 is 6.09 Å². The smallest absolute Gasteiger partial charge is 0.410 e. The van der Waals surface area contributed by atoms with Gasteiger partial charge in [-0.3, -0.25) is 0 Å². The van der Waals surface area contributed by atoms with Gasteiger partial charge in [0.05, 0.1) is 6.04 Å². The Morgan fingerprint density at radius 1 is 1.22 bits per heavy atom. The molecule has 1 unspecified atom stereocenters. The van der Waals surface area contributed by atoms with Gasteiger partial charge in [0.25, 0.3) is 0 Å². The minimum absolute atomic E-state index is 0.0878. The minimum Gasteiger partial charge on any atom is -0.444 e. The Bertz CT molecular complexity index is 581. The van der Waals surface area contributed by atoms with E-state index in [2.05, 4.69) is 18.2 Å². The van der Waals surface area contributed by atoms with Gasteiger partial charge in [0.15, 0.2) is 0 Å². The highest BCUT2D eigenvalue weighted by molar-refractivity contribution is 5.69. The second-order valence-corrected chi connectivity index (χ2v) is 7.72. The molecule has 3 rings (SSSR count). The molecule has 1 heterocycles. The molecule has 23 heavy (non-hydrogen) atoms. The average Bonchev–Trinajstić information content (AvgIpc) is 3.30. The zero-order valence-corrected chi connectivity index (χ0v) is 14.4. The lowest BCUT2D eigenvalue weighted by Crippen LogP contribution is -2.42. The van der Waals surface area contributed by atoms with Crippen LogP contribution in [0.4, 0.5) is 4.79 Å². The number of carbonyl (C=O) groups excluding carboxylic acids is 1. The predicted octanol–water partition coefficient (Wildman–Crippen LogP) is 5.10. The molecule has 2 fully saturated rings. The maximum Gasteiger partial charge on any atom is 0.410 e. The van der Waals surface area contributed by atoms with Gasteiger partial charge < -0.3 is 9.64 Å². The van der Waals surface area contributed by atoms with Gasteiger partial charge in [-0.1, -0.05) is 42.0 Å². The van der Waals surface area contributed by atoms with Crippen molar-refractivity contribution in [2.45, 2.75) is 58.1 Å². The van der Waals surface area contributed by atoms with Crippen molar-refractivity contribution < 1.29 is 9.53 Å². The summed E-state index contributed by atoms with van der Waals surface area (Å²) in [5.74, 6) is 0.787. The van der Waals surface area contributed by atoms with Gasteiger partial charge in [0.1, 0.15) is 5.60 Å². The number of allylic oxidation sites excluding steroid dienone is 1. The van der Waals surface area contributed by atoms with E-state index in [-0.39, 0.29) is 12.1 Å². The summed E-state index contributed by atoms with van der Waals surface area (Å²) in [4.78, 5) is 14.5. The molecule has 3 nitrogen and oxygen atoms in total. The maximum absolute atomic E-state index is 12.6. The van der Waals surface area contributed by atoms with Crippen molar-refractivity contribution >= 4 is 6.09 Å². The van der Waals surface area contributed by atoms with Crippen LogP contribution >= 0.6 is 0 Å². The summed E-state index contributed by atoms with van der Waals surface area (Å²) in [6.07, 6.45) is 6.81. The Morgan fingerprint density at radius 3 is 2.52 bits per heavy atom.